The van der Waals surface area contributed by atoms with Gasteiger partial charge in [-0.05, 0) is 48.9 Å². The molecule has 20 heavy (non-hydrogen) atoms. The first-order chi connectivity index (χ1) is 9.65. The highest BCUT2D eigenvalue weighted by Crippen LogP contribution is 2.24. The van der Waals surface area contributed by atoms with Crippen LogP contribution in [0.15, 0.2) is 48.8 Å². The maximum atomic E-state index is 6.17. The van der Waals surface area contributed by atoms with Gasteiger partial charge in [0.15, 0.2) is 5.82 Å². The fourth-order valence-corrected chi connectivity index (χ4v) is 2.24. The Kier molecular flexibility index (Phi) is 3.47. The average Bonchev–Trinajstić information content (AvgIpc) is 2.92. The van der Waals surface area contributed by atoms with E-state index in [2.05, 4.69) is 10.1 Å². The van der Waals surface area contributed by atoms with Gasteiger partial charge < -0.3 is 0 Å². The van der Waals surface area contributed by atoms with Crippen LogP contribution in [0, 0.1) is 6.92 Å². The lowest BCUT2D eigenvalue weighted by Crippen LogP contribution is -1.99. The van der Waals surface area contributed by atoms with Crippen molar-refractivity contribution in [1.82, 2.24) is 14.8 Å². The molecular formula is C15H11Cl2N3. The Labute approximate surface area is 126 Å². The average molecular weight is 304 g/mol. The highest BCUT2D eigenvalue weighted by atomic mass is 35.5. The molecule has 0 N–H and O–H groups in total. The second kappa shape index (κ2) is 5.27. The molecule has 1 aromatic heterocycles. The number of benzene rings is 2. The summed E-state index contributed by atoms with van der Waals surface area (Å²) >= 11 is 12.1. The molecule has 0 bridgehead atoms. The molecule has 0 saturated carbocycles. The standard InChI is InChI=1S/C15H11Cl2N3/c1-10-2-7-13(8-14(10)17)20-15(18-9-19-20)11-3-5-12(16)6-4-11/h2-9H,1H3. The van der Waals surface area contributed by atoms with Crippen LogP contribution in [-0.2, 0) is 0 Å². The largest absolute Gasteiger partial charge is 0.215 e. The van der Waals surface area contributed by atoms with Crippen LogP contribution in [0.3, 0.4) is 0 Å². The predicted molar refractivity (Wildman–Crippen MR) is 81.6 cm³/mol. The van der Waals surface area contributed by atoms with Gasteiger partial charge in [0.1, 0.15) is 6.33 Å². The molecule has 0 aliphatic carbocycles. The molecule has 0 amide bonds. The van der Waals surface area contributed by atoms with Gasteiger partial charge in [0.05, 0.1) is 5.69 Å². The van der Waals surface area contributed by atoms with Crippen LogP contribution in [0.1, 0.15) is 5.56 Å². The van der Waals surface area contributed by atoms with E-state index in [0.29, 0.717) is 10.0 Å². The molecule has 5 heteroatoms. The quantitative estimate of drug-likeness (QED) is 0.695. The van der Waals surface area contributed by atoms with Crippen molar-refractivity contribution in [2.45, 2.75) is 6.92 Å². The third-order valence-corrected chi connectivity index (χ3v) is 3.71. The summed E-state index contributed by atoms with van der Waals surface area (Å²) in [5.74, 6) is 0.751. The zero-order valence-corrected chi connectivity index (χ0v) is 12.2. The zero-order chi connectivity index (χ0) is 14.1. The van der Waals surface area contributed by atoms with Gasteiger partial charge >= 0.3 is 0 Å². The molecule has 0 spiro atoms. The lowest BCUT2D eigenvalue weighted by Gasteiger charge is -2.07. The zero-order valence-electron chi connectivity index (χ0n) is 10.7. The Morgan fingerprint density at radius 3 is 2.45 bits per heavy atom. The molecule has 3 aromatic rings. The van der Waals surface area contributed by atoms with Crippen molar-refractivity contribution in [2.24, 2.45) is 0 Å². The van der Waals surface area contributed by atoms with Crippen LogP contribution < -0.4 is 0 Å². The summed E-state index contributed by atoms with van der Waals surface area (Å²) in [6.45, 7) is 1.97. The number of halogens is 2. The Morgan fingerprint density at radius 1 is 1.00 bits per heavy atom. The molecule has 0 fully saturated rings. The third kappa shape index (κ3) is 2.42. The summed E-state index contributed by atoms with van der Waals surface area (Å²) in [5, 5.41) is 5.67. The summed E-state index contributed by atoms with van der Waals surface area (Å²) in [7, 11) is 0. The number of aromatic nitrogens is 3. The lowest BCUT2D eigenvalue weighted by molar-refractivity contribution is 0.886. The van der Waals surface area contributed by atoms with Crippen molar-refractivity contribution in [3.8, 4) is 17.1 Å². The first-order valence-electron chi connectivity index (χ1n) is 6.07. The summed E-state index contributed by atoms with van der Waals surface area (Å²) in [4.78, 5) is 4.31. The third-order valence-electron chi connectivity index (χ3n) is 3.05. The van der Waals surface area contributed by atoms with Crippen LogP contribution in [0.25, 0.3) is 17.1 Å². The molecule has 1 heterocycles. The van der Waals surface area contributed by atoms with Gasteiger partial charge in [-0.15, -0.1) is 0 Å². The molecule has 0 radical (unpaired) electrons. The fourth-order valence-electron chi connectivity index (χ4n) is 1.94. The topological polar surface area (TPSA) is 30.7 Å². The van der Waals surface area contributed by atoms with Gasteiger partial charge in [0, 0.05) is 15.6 Å². The minimum Gasteiger partial charge on any atom is -0.215 e. The smallest absolute Gasteiger partial charge is 0.163 e. The molecule has 0 aliphatic heterocycles. The first-order valence-corrected chi connectivity index (χ1v) is 6.83. The van der Waals surface area contributed by atoms with Crippen LogP contribution in [0.2, 0.25) is 10.0 Å². The van der Waals surface area contributed by atoms with Crippen molar-refractivity contribution in [3.05, 3.63) is 64.4 Å². The molecule has 0 saturated heterocycles. The van der Waals surface area contributed by atoms with Crippen molar-refractivity contribution >= 4 is 23.2 Å². The van der Waals surface area contributed by atoms with E-state index < -0.39 is 0 Å². The van der Waals surface area contributed by atoms with Crippen molar-refractivity contribution < 1.29 is 0 Å². The van der Waals surface area contributed by atoms with Gasteiger partial charge in [-0.2, -0.15) is 5.10 Å². The van der Waals surface area contributed by atoms with E-state index in [1.54, 1.807) is 4.68 Å². The maximum Gasteiger partial charge on any atom is 0.163 e. The van der Waals surface area contributed by atoms with E-state index in [0.717, 1.165) is 22.6 Å². The number of hydrogen-bond acceptors (Lipinski definition) is 2. The highest BCUT2D eigenvalue weighted by Gasteiger charge is 2.10. The van der Waals surface area contributed by atoms with Crippen LogP contribution in [-0.4, -0.2) is 14.8 Å². The number of aryl methyl sites for hydroxylation is 1. The Balaban J connectivity index is 2.10. The number of nitrogens with zero attached hydrogens (tertiary/aromatic N) is 3. The minimum absolute atomic E-state index is 0.693. The normalized spacial score (nSPS) is 10.8. The van der Waals surface area contributed by atoms with E-state index in [9.17, 15) is 0 Å². The fraction of sp³-hybridized carbons (Fsp3) is 0.0667. The Bertz CT molecular complexity index is 748. The van der Waals surface area contributed by atoms with Crippen molar-refractivity contribution in [2.75, 3.05) is 0 Å². The Hall–Kier alpha value is -1.84. The molecule has 3 rings (SSSR count). The van der Waals surface area contributed by atoms with Crippen molar-refractivity contribution in [1.29, 1.82) is 0 Å². The van der Waals surface area contributed by atoms with Gasteiger partial charge in [-0.3, -0.25) is 0 Å². The summed E-state index contributed by atoms with van der Waals surface area (Å²) in [6, 6.07) is 13.3. The van der Waals surface area contributed by atoms with Crippen molar-refractivity contribution in [3.63, 3.8) is 0 Å². The lowest BCUT2D eigenvalue weighted by atomic mass is 10.2. The Morgan fingerprint density at radius 2 is 1.75 bits per heavy atom. The molecule has 2 aromatic carbocycles. The number of hydrogen-bond donors (Lipinski definition) is 0. The molecule has 100 valence electrons. The molecular weight excluding hydrogens is 293 g/mol. The second-order valence-corrected chi connectivity index (χ2v) is 5.28. The van der Waals surface area contributed by atoms with E-state index in [4.69, 9.17) is 23.2 Å². The van der Waals surface area contributed by atoms with E-state index in [-0.39, 0.29) is 0 Å². The van der Waals surface area contributed by atoms with Crippen LogP contribution in [0.5, 0.6) is 0 Å². The molecule has 0 aliphatic rings. The summed E-state index contributed by atoms with van der Waals surface area (Å²) < 4.78 is 1.76. The number of rotatable bonds is 2. The van der Waals surface area contributed by atoms with E-state index >= 15 is 0 Å². The van der Waals surface area contributed by atoms with Gasteiger partial charge in [-0.1, -0.05) is 29.3 Å². The minimum atomic E-state index is 0.693. The molecule has 0 atom stereocenters. The van der Waals surface area contributed by atoms with Gasteiger partial charge in [0.25, 0.3) is 0 Å². The highest BCUT2D eigenvalue weighted by molar-refractivity contribution is 6.31. The van der Waals surface area contributed by atoms with Gasteiger partial charge in [-0.25, -0.2) is 9.67 Å². The first kappa shape index (κ1) is 13.2. The maximum absolute atomic E-state index is 6.17. The summed E-state index contributed by atoms with van der Waals surface area (Å²) in [5.41, 5.74) is 2.86. The van der Waals surface area contributed by atoms with Crippen LogP contribution in [0.4, 0.5) is 0 Å². The van der Waals surface area contributed by atoms with E-state index in [1.165, 1.54) is 6.33 Å². The SMILES string of the molecule is Cc1ccc(-n2ncnc2-c2ccc(Cl)cc2)cc1Cl. The predicted octanol–water partition coefficient (Wildman–Crippen LogP) is 4.55. The monoisotopic (exact) mass is 303 g/mol. The second-order valence-electron chi connectivity index (χ2n) is 4.44. The van der Waals surface area contributed by atoms with Gasteiger partial charge in [0.2, 0.25) is 0 Å². The molecule has 0 unspecified atom stereocenters. The van der Waals surface area contributed by atoms with Crippen LogP contribution >= 0.6 is 23.2 Å². The van der Waals surface area contributed by atoms with E-state index in [1.807, 2.05) is 49.4 Å². The molecule has 3 nitrogen and oxygen atoms in total. The summed E-state index contributed by atoms with van der Waals surface area (Å²) in [6.07, 6.45) is 1.53.